The summed E-state index contributed by atoms with van der Waals surface area (Å²) < 4.78 is 0. The molecular weight excluding hydrogens is 382 g/mol. The SMILES string of the molecule is N#Cc1cccc(-c2ccc(CNC(=O)C3CC3c3ccccc3)c3cnccc23)c1. The number of nitrogens with zero attached hydrogens (tertiary/aromatic N) is 2. The van der Waals surface area contributed by atoms with Gasteiger partial charge in [0.1, 0.15) is 0 Å². The van der Waals surface area contributed by atoms with Crippen molar-refractivity contribution in [2.75, 3.05) is 0 Å². The fourth-order valence-corrected chi connectivity index (χ4v) is 4.28. The third kappa shape index (κ3) is 3.78. The van der Waals surface area contributed by atoms with Gasteiger partial charge in [-0.2, -0.15) is 5.26 Å². The Kier molecular flexibility index (Phi) is 4.93. The van der Waals surface area contributed by atoms with Crippen LogP contribution in [0.25, 0.3) is 21.9 Å². The fraction of sp³-hybridized carbons (Fsp3) is 0.148. The van der Waals surface area contributed by atoms with Crippen molar-refractivity contribution in [1.82, 2.24) is 10.3 Å². The maximum Gasteiger partial charge on any atom is 0.224 e. The van der Waals surface area contributed by atoms with Gasteiger partial charge < -0.3 is 5.32 Å². The standard InChI is InChI=1S/C27H21N3O/c28-15-18-5-4-8-20(13-18)22-10-9-21(26-17-29-12-11-23(22)26)16-30-27(31)25-14-24(25)19-6-2-1-3-7-19/h1-13,17,24-25H,14,16H2,(H,30,31). The number of carbonyl (C=O) groups is 1. The van der Waals surface area contributed by atoms with Crippen LogP contribution in [0, 0.1) is 17.2 Å². The molecule has 2 atom stereocenters. The Labute approximate surface area is 181 Å². The number of fused-ring (bicyclic) bond motifs is 1. The second-order valence-electron chi connectivity index (χ2n) is 7.96. The van der Waals surface area contributed by atoms with Gasteiger partial charge in [-0.1, -0.05) is 54.6 Å². The maximum absolute atomic E-state index is 12.7. The highest BCUT2D eigenvalue weighted by Crippen LogP contribution is 2.47. The highest BCUT2D eigenvalue weighted by Gasteiger charge is 2.43. The zero-order chi connectivity index (χ0) is 21.2. The summed E-state index contributed by atoms with van der Waals surface area (Å²) in [6, 6.07) is 26.1. The number of benzene rings is 3. The third-order valence-electron chi connectivity index (χ3n) is 6.02. The van der Waals surface area contributed by atoms with Crippen LogP contribution in [0.4, 0.5) is 0 Å². The molecule has 1 amide bonds. The summed E-state index contributed by atoms with van der Waals surface area (Å²) in [4.78, 5) is 17.0. The number of pyridine rings is 1. The van der Waals surface area contributed by atoms with Crippen LogP contribution in [0.2, 0.25) is 0 Å². The molecule has 1 N–H and O–H groups in total. The van der Waals surface area contributed by atoms with E-state index < -0.39 is 0 Å². The van der Waals surface area contributed by atoms with E-state index in [1.54, 1.807) is 12.3 Å². The van der Waals surface area contributed by atoms with Gasteiger partial charge in [0.05, 0.1) is 11.6 Å². The molecule has 0 aliphatic heterocycles. The lowest BCUT2D eigenvalue weighted by Crippen LogP contribution is -2.25. The van der Waals surface area contributed by atoms with E-state index in [-0.39, 0.29) is 11.8 Å². The fourth-order valence-electron chi connectivity index (χ4n) is 4.28. The lowest BCUT2D eigenvalue weighted by atomic mass is 9.95. The van der Waals surface area contributed by atoms with Gasteiger partial charge in [0.15, 0.2) is 0 Å². The van der Waals surface area contributed by atoms with E-state index in [0.29, 0.717) is 18.0 Å². The molecular formula is C27H21N3O. The molecule has 0 spiro atoms. The van der Waals surface area contributed by atoms with Gasteiger partial charge in [-0.05, 0) is 58.2 Å². The lowest BCUT2D eigenvalue weighted by Gasteiger charge is -2.12. The van der Waals surface area contributed by atoms with Crippen LogP contribution in [-0.2, 0) is 11.3 Å². The van der Waals surface area contributed by atoms with Gasteiger partial charge in [0, 0.05) is 30.2 Å². The van der Waals surface area contributed by atoms with Crippen LogP contribution in [0.3, 0.4) is 0 Å². The second kappa shape index (κ2) is 8.04. The molecule has 0 radical (unpaired) electrons. The first kappa shape index (κ1) is 19.0. The first-order chi connectivity index (χ1) is 15.2. The molecule has 4 nitrogen and oxygen atoms in total. The normalized spacial score (nSPS) is 17.1. The van der Waals surface area contributed by atoms with Gasteiger partial charge in [0.2, 0.25) is 5.91 Å². The minimum absolute atomic E-state index is 0.0554. The van der Waals surface area contributed by atoms with Gasteiger partial charge in [0.25, 0.3) is 0 Å². The van der Waals surface area contributed by atoms with Crippen molar-refractivity contribution in [3.63, 3.8) is 0 Å². The van der Waals surface area contributed by atoms with Crippen LogP contribution in [0.5, 0.6) is 0 Å². The van der Waals surface area contributed by atoms with Gasteiger partial charge in [-0.15, -0.1) is 0 Å². The van der Waals surface area contributed by atoms with Crippen molar-refractivity contribution in [3.05, 3.63) is 102 Å². The van der Waals surface area contributed by atoms with Crippen molar-refractivity contribution >= 4 is 16.7 Å². The molecule has 1 aliphatic carbocycles. The van der Waals surface area contributed by atoms with Gasteiger partial charge in [-0.25, -0.2) is 0 Å². The summed E-state index contributed by atoms with van der Waals surface area (Å²) >= 11 is 0. The predicted molar refractivity (Wildman–Crippen MR) is 121 cm³/mol. The number of hydrogen-bond donors (Lipinski definition) is 1. The number of nitrogens with one attached hydrogen (secondary N) is 1. The smallest absolute Gasteiger partial charge is 0.224 e. The number of hydrogen-bond acceptors (Lipinski definition) is 3. The van der Waals surface area contributed by atoms with Gasteiger partial charge >= 0.3 is 0 Å². The summed E-state index contributed by atoms with van der Waals surface area (Å²) in [7, 11) is 0. The molecule has 1 heterocycles. The number of nitriles is 1. The molecule has 1 saturated carbocycles. The Morgan fingerprint density at radius 1 is 1.03 bits per heavy atom. The first-order valence-electron chi connectivity index (χ1n) is 10.4. The topological polar surface area (TPSA) is 65.8 Å². The molecule has 1 fully saturated rings. The summed E-state index contributed by atoms with van der Waals surface area (Å²) in [5, 5.41) is 14.4. The molecule has 150 valence electrons. The van der Waals surface area contributed by atoms with E-state index in [4.69, 9.17) is 0 Å². The highest BCUT2D eigenvalue weighted by molar-refractivity contribution is 5.98. The van der Waals surface area contributed by atoms with E-state index in [2.05, 4.69) is 34.6 Å². The van der Waals surface area contributed by atoms with E-state index in [9.17, 15) is 10.1 Å². The van der Waals surface area contributed by atoms with Crippen LogP contribution >= 0.6 is 0 Å². The number of aromatic nitrogens is 1. The molecule has 1 aliphatic rings. The third-order valence-corrected chi connectivity index (χ3v) is 6.02. The molecule has 31 heavy (non-hydrogen) atoms. The van der Waals surface area contributed by atoms with Crippen LogP contribution in [0.1, 0.15) is 29.0 Å². The Balaban J connectivity index is 1.37. The molecule has 4 heteroatoms. The van der Waals surface area contributed by atoms with Gasteiger partial charge in [-0.3, -0.25) is 9.78 Å². The Hall–Kier alpha value is -3.97. The number of rotatable bonds is 5. The first-order valence-corrected chi connectivity index (χ1v) is 10.4. The van der Waals surface area contributed by atoms with Crippen LogP contribution < -0.4 is 5.32 Å². The van der Waals surface area contributed by atoms with Crippen molar-refractivity contribution in [2.45, 2.75) is 18.9 Å². The van der Waals surface area contributed by atoms with E-state index in [0.717, 1.165) is 33.9 Å². The predicted octanol–water partition coefficient (Wildman–Crippen LogP) is 5.19. The Bertz CT molecular complexity index is 1310. The summed E-state index contributed by atoms with van der Waals surface area (Å²) in [5.74, 6) is 0.492. The maximum atomic E-state index is 12.7. The lowest BCUT2D eigenvalue weighted by molar-refractivity contribution is -0.122. The van der Waals surface area contributed by atoms with Crippen molar-refractivity contribution < 1.29 is 4.79 Å². The number of amides is 1. The van der Waals surface area contributed by atoms with Crippen molar-refractivity contribution in [3.8, 4) is 17.2 Å². The summed E-state index contributed by atoms with van der Waals surface area (Å²) in [5.41, 5.74) is 4.95. The molecule has 2 unspecified atom stereocenters. The molecule has 0 saturated heterocycles. The van der Waals surface area contributed by atoms with E-state index in [1.807, 2.05) is 54.7 Å². The summed E-state index contributed by atoms with van der Waals surface area (Å²) in [6.07, 6.45) is 4.53. The Morgan fingerprint density at radius 3 is 2.74 bits per heavy atom. The van der Waals surface area contributed by atoms with E-state index in [1.165, 1.54) is 5.56 Å². The molecule has 5 rings (SSSR count). The van der Waals surface area contributed by atoms with Crippen LogP contribution in [0.15, 0.2) is 85.2 Å². The minimum atomic E-state index is 0.0554. The van der Waals surface area contributed by atoms with E-state index >= 15 is 0 Å². The molecule has 3 aromatic carbocycles. The van der Waals surface area contributed by atoms with Crippen molar-refractivity contribution in [2.24, 2.45) is 5.92 Å². The average molecular weight is 403 g/mol. The summed E-state index contributed by atoms with van der Waals surface area (Å²) in [6.45, 7) is 0.470. The largest absolute Gasteiger partial charge is 0.352 e. The number of carbonyl (C=O) groups excluding carboxylic acids is 1. The Morgan fingerprint density at radius 2 is 1.90 bits per heavy atom. The monoisotopic (exact) mass is 403 g/mol. The average Bonchev–Trinajstić information content (AvgIpc) is 3.64. The molecule has 0 bridgehead atoms. The molecule has 1 aromatic heterocycles. The second-order valence-corrected chi connectivity index (χ2v) is 7.96. The zero-order valence-corrected chi connectivity index (χ0v) is 17.0. The quantitative estimate of drug-likeness (QED) is 0.498. The van der Waals surface area contributed by atoms with Crippen molar-refractivity contribution in [1.29, 1.82) is 5.26 Å². The minimum Gasteiger partial charge on any atom is -0.352 e. The van der Waals surface area contributed by atoms with Crippen LogP contribution in [-0.4, -0.2) is 10.9 Å². The zero-order valence-electron chi connectivity index (χ0n) is 17.0. The molecule has 4 aromatic rings. The highest BCUT2D eigenvalue weighted by atomic mass is 16.2.